The van der Waals surface area contributed by atoms with Crippen molar-refractivity contribution in [2.45, 2.75) is 89.1 Å². The molecular formula is C20H33N3O5. The minimum Gasteiger partial charge on any atom is -0.467 e. The van der Waals surface area contributed by atoms with Gasteiger partial charge in [0.05, 0.1) is 7.11 Å². The van der Waals surface area contributed by atoms with Gasteiger partial charge in [-0.3, -0.25) is 4.79 Å². The summed E-state index contributed by atoms with van der Waals surface area (Å²) in [5.41, 5.74) is -0.639. The number of esters is 1. The average Bonchev–Trinajstić information content (AvgIpc) is 2.95. The van der Waals surface area contributed by atoms with Crippen molar-refractivity contribution in [3.05, 3.63) is 0 Å². The number of likely N-dealkylation sites (tertiary alicyclic amines) is 1. The van der Waals surface area contributed by atoms with E-state index in [4.69, 9.17) is 9.47 Å². The summed E-state index contributed by atoms with van der Waals surface area (Å²) in [6.45, 7) is 7.52. The summed E-state index contributed by atoms with van der Waals surface area (Å²) in [4.78, 5) is 42.0. The average molecular weight is 396 g/mol. The Kier molecular flexibility index (Phi) is 6.17. The second kappa shape index (κ2) is 8.27. The van der Waals surface area contributed by atoms with Crippen LogP contribution >= 0.6 is 0 Å². The van der Waals surface area contributed by atoms with E-state index in [2.05, 4.69) is 10.2 Å². The third-order valence-electron chi connectivity index (χ3n) is 5.96. The Morgan fingerprint density at radius 2 is 1.75 bits per heavy atom. The van der Waals surface area contributed by atoms with Crippen molar-refractivity contribution in [3.8, 4) is 0 Å². The summed E-state index contributed by atoms with van der Waals surface area (Å²) in [6.07, 6.45) is 4.25. The summed E-state index contributed by atoms with van der Waals surface area (Å²) in [5.74, 6) is -0.584. The molecule has 0 aromatic heterocycles. The van der Waals surface area contributed by atoms with Crippen LogP contribution in [0.25, 0.3) is 0 Å². The van der Waals surface area contributed by atoms with E-state index in [1.807, 2.05) is 0 Å². The van der Waals surface area contributed by atoms with Gasteiger partial charge in [0.15, 0.2) is 0 Å². The zero-order valence-electron chi connectivity index (χ0n) is 17.4. The molecule has 3 aliphatic rings. The summed E-state index contributed by atoms with van der Waals surface area (Å²) in [5, 5.41) is 2.76. The maximum absolute atomic E-state index is 13.3. The number of hydrogen-bond acceptors (Lipinski definition) is 6. The van der Waals surface area contributed by atoms with Gasteiger partial charge in [-0.05, 0) is 72.4 Å². The molecule has 1 N–H and O–H groups in total. The summed E-state index contributed by atoms with van der Waals surface area (Å²) in [6, 6.07) is -0.883. The number of amides is 2. The normalized spacial score (nSPS) is 31.3. The Bertz CT molecular complexity index is 613. The van der Waals surface area contributed by atoms with Crippen LogP contribution in [-0.4, -0.2) is 77.7 Å². The van der Waals surface area contributed by atoms with Crippen LogP contribution in [0.15, 0.2) is 0 Å². The van der Waals surface area contributed by atoms with E-state index in [9.17, 15) is 14.4 Å². The highest BCUT2D eigenvalue weighted by molar-refractivity contribution is 5.90. The molecule has 0 saturated carbocycles. The number of rotatable bonds is 3. The van der Waals surface area contributed by atoms with Crippen molar-refractivity contribution >= 4 is 18.0 Å². The second-order valence-electron chi connectivity index (χ2n) is 9.07. The molecule has 3 aliphatic heterocycles. The van der Waals surface area contributed by atoms with Crippen LogP contribution < -0.4 is 5.32 Å². The van der Waals surface area contributed by atoms with E-state index in [-0.39, 0.29) is 17.9 Å². The number of nitrogens with one attached hydrogen (secondary N) is 1. The van der Waals surface area contributed by atoms with E-state index in [1.54, 1.807) is 25.7 Å². The van der Waals surface area contributed by atoms with Crippen molar-refractivity contribution < 1.29 is 23.9 Å². The first-order chi connectivity index (χ1) is 13.2. The van der Waals surface area contributed by atoms with Gasteiger partial charge in [0.1, 0.15) is 17.7 Å². The van der Waals surface area contributed by atoms with E-state index >= 15 is 0 Å². The number of methoxy groups -OCH3 is 1. The number of carbonyl (C=O) groups excluding carboxylic acids is 3. The molecule has 4 atom stereocenters. The second-order valence-corrected chi connectivity index (χ2v) is 9.07. The smallest absolute Gasteiger partial charge is 0.408 e. The van der Waals surface area contributed by atoms with Crippen LogP contribution in [0.5, 0.6) is 0 Å². The highest BCUT2D eigenvalue weighted by Crippen LogP contribution is 2.34. The van der Waals surface area contributed by atoms with Crippen molar-refractivity contribution in [2.24, 2.45) is 0 Å². The standard InChI is InChI=1S/C20H33N3O5/c1-20(2,3)28-19(26)21-15-8-6-13(22-10-5-11-22)12-14-7-9-16(18(25)27-4)23(14)17(15)24/h13-16H,5-12H2,1-4H3,(H,21,26)/t13-,14+,15-,16-/m0/s1. The topological polar surface area (TPSA) is 88.2 Å². The fraction of sp³-hybridized carbons (Fsp3) is 0.850. The largest absolute Gasteiger partial charge is 0.467 e. The van der Waals surface area contributed by atoms with E-state index in [0.29, 0.717) is 18.9 Å². The molecule has 0 aromatic carbocycles. The van der Waals surface area contributed by atoms with Crippen LogP contribution in [-0.2, 0) is 19.1 Å². The quantitative estimate of drug-likeness (QED) is 0.732. The van der Waals surface area contributed by atoms with E-state index in [1.165, 1.54) is 13.5 Å². The van der Waals surface area contributed by atoms with Crippen LogP contribution in [0.4, 0.5) is 4.79 Å². The fourth-order valence-corrected chi connectivity index (χ4v) is 4.53. The van der Waals surface area contributed by atoms with Crippen molar-refractivity contribution in [3.63, 3.8) is 0 Å². The molecule has 3 fully saturated rings. The predicted molar refractivity (Wildman–Crippen MR) is 103 cm³/mol. The number of fused-ring (bicyclic) bond motifs is 1. The first-order valence-corrected chi connectivity index (χ1v) is 10.3. The Labute approximate surface area is 166 Å². The Balaban J connectivity index is 1.79. The number of ether oxygens (including phenoxy) is 2. The van der Waals surface area contributed by atoms with Gasteiger partial charge in [-0.1, -0.05) is 0 Å². The molecule has 158 valence electrons. The maximum Gasteiger partial charge on any atom is 0.408 e. The van der Waals surface area contributed by atoms with Gasteiger partial charge in [-0.15, -0.1) is 0 Å². The SMILES string of the molecule is COC(=O)[C@@H]1CC[C@@H]2C[C@@H](N3CCC3)CC[C@H](NC(=O)OC(C)(C)C)C(=O)N21. The Morgan fingerprint density at radius 1 is 1.07 bits per heavy atom. The Hall–Kier alpha value is -1.83. The lowest BCUT2D eigenvalue weighted by atomic mass is 9.92. The van der Waals surface area contributed by atoms with Gasteiger partial charge in [-0.25, -0.2) is 9.59 Å². The lowest BCUT2D eigenvalue weighted by Gasteiger charge is -2.44. The van der Waals surface area contributed by atoms with Crippen molar-refractivity contribution in [2.75, 3.05) is 20.2 Å². The lowest BCUT2D eigenvalue weighted by Crippen LogP contribution is -2.58. The maximum atomic E-state index is 13.3. The zero-order chi connectivity index (χ0) is 20.5. The van der Waals surface area contributed by atoms with Gasteiger partial charge in [0.25, 0.3) is 0 Å². The molecule has 3 saturated heterocycles. The van der Waals surface area contributed by atoms with Crippen LogP contribution in [0.2, 0.25) is 0 Å². The van der Waals surface area contributed by atoms with Gasteiger partial charge in [0.2, 0.25) is 5.91 Å². The third-order valence-corrected chi connectivity index (χ3v) is 5.96. The van der Waals surface area contributed by atoms with Crippen LogP contribution in [0.1, 0.15) is 59.3 Å². The highest BCUT2D eigenvalue weighted by atomic mass is 16.6. The molecule has 2 amide bonds. The van der Waals surface area contributed by atoms with Gasteiger partial charge >= 0.3 is 12.1 Å². The van der Waals surface area contributed by atoms with Gasteiger partial charge in [0, 0.05) is 12.1 Å². The Morgan fingerprint density at radius 3 is 2.32 bits per heavy atom. The van der Waals surface area contributed by atoms with Crippen molar-refractivity contribution in [1.82, 2.24) is 15.1 Å². The first kappa shape index (κ1) is 20.9. The van der Waals surface area contributed by atoms with Crippen LogP contribution in [0, 0.1) is 0 Å². The third kappa shape index (κ3) is 4.59. The number of nitrogens with zero attached hydrogens (tertiary/aromatic N) is 2. The molecule has 0 unspecified atom stereocenters. The first-order valence-electron chi connectivity index (χ1n) is 10.3. The minimum absolute atomic E-state index is 0.00503. The monoisotopic (exact) mass is 395 g/mol. The summed E-state index contributed by atoms with van der Waals surface area (Å²) >= 11 is 0. The fourth-order valence-electron chi connectivity index (χ4n) is 4.53. The molecular weight excluding hydrogens is 362 g/mol. The predicted octanol–water partition coefficient (Wildman–Crippen LogP) is 1.67. The molecule has 0 spiro atoms. The van der Waals surface area contributed by atoms with E-state index in [0.717, 1.165) is 32.4 Å². The van der Waals surface area contributed by atoms with Crippen molar-refractivity contribution in [1.29, 1.82) is 0 Å². The molecule has 3 rings (SSSR count). The molecule has 28 heavy (non-hydrogen) atoms. The highest BCUT2D eigenvalue weighted by Gasteiger charge is 2.46. The van der Waals surface area contributed by atoms with Gasteiger partial charge < -0.3 is 24.6 Å². The number of hydrogen-bond donors (Lipinski definition) is 1. The molecule has 0 radical (unpaired) electrons. The lowest BCUT2D eigenvalue weighted by molar-refractivity contribution is -0.153. The molecule has 3 heterocycles. The number of carbonyl (C=O) groups is 3. The zero-order valence-corrected chi connectivity index (χ0v) is 17.4. The van der Waals surface area contributed by atoms with Crippen LogP contribution in [0.3, 0.4) is 0 Å². The van der Waals surface area contributed by atoms with E-state index < -0.39 is 23.8 Å². The van der Waals surface area contributed by atoms with Gasteiger partial charge in [-0.2, -0.15) is 0 Å². The molecule has 0 aliphatic carbocycles. The molecule has 0 aromatic rings. The summed E-state index contributed by atoms with van der Waals surface area (Å²) in [7, 11) is 1.35. The summed E-state index contributed by atoms with van der Waals surface area (Å²) < 4.78 is 10.3. The number of alkyl carbamates (subject to hydrolysis) is 1. The minimum atomic E-state index is -0.688. The molecule has 8 heteroatoms. The molecule has 8 nitrogen and oxygen atoms in total. The molecule has 0 bridgehead atoms.